The molecule has 18 heavy (non-hydrogen) atoms. The lowest BCUT2D eigenvalue weighted by atomic mass is 10.1. The maximum atomic E-state index is 13.6. The quantitative estimate of drug-likeness (QED) is 0.855. The van der Waals surface area contributed by atoms with Gasteiger partial charge in [-0.2, -0.15) is 0 Å². The molecule has 4 nitrogen and oxygen atoms in total. The summed E-state index contributed by atoms with van der Waals surface area (Å²) in [4.78, 5) is 13.6. The van der Waals surface area contributed by atoms with Crippen LogP contribution in [0.5, 0.6) is 0 Å². The van der Waals surface area contributed by atoms with Gasteiger partial charge >= 0.3 is 0 Å². The third kappa shape index (κ3) is 2.55. The maximum absolute atomic E-state index is 13.6. The maximum Gasteiger partial charge on any atom is 0.256 e. The van der Waals surface area contributed by atoms with Gasteiger partial charge in [-0.05, 0) is 18.2 Å². The van der Waals surface area contributed by atoms with Crippen LogP contribution in [-0.2, 0) is 0 Å². The fourth-order valence-corrected chi connectivity index (χ4v) is 2.41. The van der Waals surface area contributed by atoms with Gasteiger partial charge in [-0.3, -0.25) is 4.79 Å². The summed E-state index contributed by atoms with van der Waals surface area (Å²) in [6.07, 6.45) is -0.617. The first-order valence-electron chi connectivity index (χ1n) is 5.61. The molecule has 2 rings (SSSR count). The summed E-state index contributed by atoms with van der Waals surface area (Å²) in [7, 11) is 1.57. The number of hydrogen-bond donors (Lipinski definition) is 2. The zero-order chi connectivity index (χ0) is 13.3. The smallest absolute Gasteiger partial charge is 0.256 e. The van der Waals surface area contributed by atoms with Crippen LogP contribution in [-0.4, -0.2) is 48.2 Å². The van der Waals surface area contributed by atoms with Crippen LogP contribution in [0.2, 0.25) is 0 Å². The lowest BCUT2D eigenvalue weighted by Crippen LogP contribution is -2.44. The number of amides is 1. The van der Waals surface area contributed by atoms with Crippen LogP contribution in [0.1, 0.15) is 10.4 Å². The topological polar surface area (TPSA) is 52.6 Å². The number of halogens is 2. The SMILES string of the molecule is CN(C(=O)c1cc(Br)ccc1F)[C@H]1CNC[C@@H]1O. The number of β-amino-alcohol motifs (C(OH)–C–C–N with tert-alkyl or cyclic N) is 1. The van der Waals surface area contributed by atoms with Crippen LogP contribution in [0, 0.1) is 5.82 Å². The first-order valence-corrected chi connectivity index (χ1v) is 6.41. The second-order valence-corrected chi connectivity index (χ2v) is 5.25. The first kappa shape index (κ1) is 13.5. The molecule has 0 spiro atoms. The fourth-order valence-electron chi connectivity index (χ4n) is 2.05. The molecule has 2 atom stereocenters. The third-order valence-electron chi connectivity index (χ3n) is 3.13. The van der Waals surface area contributed by atoms with Crippen molar-refractivity contribution in [3.63, 3.8) is 0 Å². The molecule has 1 amide bonds. The number of hydrogen-bond acceptors (Lipinski definition) is 3. The van der Waals surface area contributed by atoms with Crippen molar-refractivity contribution in [2.45, 2.75) is 12.1 Å². The van der Waals surface area contributed by atoms with Crippen LogP contribution in [0.25, 0.3) is 0 Å². The van der Waals surface area contributed by atoms with Gasteiger partial charge in [-0.15, -0.1) is 0 Å². The molecule has 98 valence electrons. The highest BCUT2D eigenvalue weighted by molar-refractivity contribution is 9.10. The van der Waals surface area contributed by atoms with Crippen molar-refractivity contribution in [3.8, 4) is 0 Å². The molecular formula is C12H14BrFN2O2. The van der Waals surface area contributed by atoms with Crippen LogP contribution >= 0.6 is 15.9 Å². The van der Waals surface area contributed by atoms with E-state index in [0.717, 1.165) is 0 Å². The lowest BCUT2D eigenvalue weighted by Gasteiger charge is -2.26. The summed E-state index contributed by atoms with van der Waals surface area (Å²) >= 11 is 3.21. The van der Waals surface area contributed by atoms with Gasteiger partial charge in [0, 0.05) is 24.6 Å². The van der Waals surface area contributed by atoms with Crippen molar-refractivity contribution in [2.75, 3.05) is 20.1 Å². The molecule has 2 N–H and O–H groups in total. The van der Waals surface area contributed by atoms with Crippen molar-refractivity contribution < 1.29 is 14.3 Å². The van der Waals surface area contributed by atoms with E-state index in [1.165, 1.54) is 23.1 Å². The van der Waals surface area contributed by atoms with Crippen LogP contribution in [0.15, 0.2) is 22.7 Å². The highest BCUT2D eigenvalue weighted by atomic mass is 79.9. The average Bonchev–Trinajstić information content (AvgIpc) is 2.77. The van der Waals surface area contributed by atoms with E-state index in [4.69, 9.17) is 0 Å². The van der Waals surface area contributed by atoms with E-state index in [9.17, 15) is 14.3 Å². The van der Waals surface area contributed by atoms with Gasteiger partial charge in [-0.1, -0.05) is 15.9 Å². The standard InChI is InChI=1S/C12H14BrFN2O2/c1-16(10-5-15-6-11(10)17)12(18)8-4-7(13)2-3-9(8)14/h2-4,10-11,15,17H,5-6H2,1H3/t10-,11-/m0/s1. The molecule has 0 unspecified atom stereocenters. The number of likely N-dealkylation sites (N-methyl/N-ethyl adjacent to an activating group) is 1. The minimum absolute atomic E-state index is 0.00553. The highest BCUT2D eigenvalue weighted by Gasteiger charge is 2.32. The molecule has 0 aromatic heterocycles. The average molecular weight is 317 g/mol. The Kier molecular flexibility index (Phi) is 3.99. The monoisotopic (exact) mass is 316 g/mol. The first-order chi connectivity index (χ1) is 8.50. The zero-order valence-electron chi connectivity index (χ0n) is 9.86. The molecule has 0 aliphatic carbocycles. The summed E-state index contributed by atoms with van der Waals surface area (Å²) in [5.74, 6) is -0.989. The molecule has 6 heteroatoms. The van der Waals surface area contributed by atoms with E-state index in [0.29, 0.717) is 17.6 Å². The number of aliphatic hydroxyl groups excluding tert-OH is 1. The van der Waals surface area contributed by atoms with E-state index in [1.54, 1.807) is 7.05 Å². The van der Waals surface area contributed by atoms with Gasteiger partial charge in [0.2, 0.25) is 0 Å². The Labute approximate surface area is 113 Å². The second-order valence-electron chi connectivity index (χ2n) is 4.33. The molecule has 1 fully saturated rings. The molecule has 1 aromatic carbocycles. The lowest BCUT2D eigenvalue weighted by molar-refractivity contribution is 0.0577. The van der Waals surface area contributed by atoms with Gasteiger partial charge in [0.25, 0.3) is 5.91 Å². The third-order valence-corrected chi connectivity index (χ3v) is 3.62. The van der Waals surface area contributed by atoms with Crippen LogP contribution < -0.4 is 5.32 Å². The summed E-state index contributed by atoms with van der Waals surface area (Å²) in [6, 6.07) is 3.91. The van der Waals surface area contributed by atoms with E-state index in [-0.39, 0.29) is 11.6 Å². The molecule has 1 aliphatic heterocycles. The highest BCUT2D eigenvalue weighted by Crippen LogP contribution is 2.19. The van der Waals surface area contributed by atoms with E-state index >= 15 is 0 Å². The molecule has 0 radical (unpaired) electrons. The molecule has 0 saturated carbocycles. The van der Waals surface area contributed by atoms with Gasteiger partial charge in [0.05, 0.1) is 17.7 Å². The van der Waals surface area contributed by atoms with Crippen molar-refractivity contribution in [1.82, 2.24) is 10.2 Å². The molecule has 1 aliphatic rings. The summed E-state index contributed by atoms with van der Waals surface area (Å²) in [5.41, 5.74) is 0.00553. The number of benzene rings is 1. The number of rotatable bonds is 2. The van der Waals surface area contributed by atoms with Gasteiger partial charge < -0.3 is 15.3 Å². The summed E-state index contributed by atoms with van der Waals surface area (Å²) in [6.45, 7) is 0.961. The van der Waals surface area contributed by atoms with Gasteiger partial charge in [-0.25, -0.2) is 4.39 Å². The Bertz CT molecular complexity index is 469. The minimum Gasteiger partial charge on any atom is -0.390 e. The normalized spacial score (nSPS) is 23.1. The largest absolute Gasteiger partial charge is 0.390 e. The molecule has 1 saturated heterocycles. The number of aliphatic hydroxyl groups is 1. The van der Waals surface area contributed by atoms with Crippen LogP contribution in [0.4, 0.5) is 4.39 Å². The molecular weight excluding hydrogens is 303 g/mol. The predicted molar refractivity (Wildman–Crippen MR) is 68.9 cm³/mol. The minimum atomic E-state index is -0.617. The van der Waals surface area contributed by atoms with Gasteiger partial charge in [0.15, 0.2) is 0 Å². The summed E-state index contributed by atoms with van der Waals surface area (Å²) in [5, 5.41) is 12.7. The second kappa shape index (κ2) is 5.34. The van der Waals surface area contributed by atoms with Gasteiger partial charge in [0.1, 0.15) is 5.82 Å². The van der Waals surface area contributed by atoms with Crippen molar-refractivity contribution >= 4 is 21.8 Å². The number of nitrogens with zero attached hydrogens (tertiary/aromatic N) is 1. The fraction of sp³-hybridized carbons (Fsp3) is 0.417. The Morgan fingerprint density at radius 2 is 2.28 bits per heavy atom. The Hall–Kier alpha value is -0.980. The zero-order valence-corrected chi connectivity index (χ0v) is 11.4. The Balaban J connectivity index is 2.22. The number of nitrogens with one attached hydrogen (secondary N) is 1. The van der Waals surface area contributed by atoms with E-state index < -0.39 is 17.8 Å². The molecule has 1 aromatic rings. The van der Waals surface area contributed by atoms with Crippen molar-refractivity contribution in [3.05, 3.63) is 34.1 Å². The predicted octanol–water partition coefficient (Wildman–Crippen LogP) is 0.993. The number of carbonyl (C=O) groups is 1. The Morgan fingerprint density at radius 3 is 2.89 bits per heavy atom. The van der Waals surface area contributed by atoms with E-state index in [1.807, 2.05) is 0 Å². The summed E-state index contributed by atoms with van der Waals surface area (Å²) < 4.78 is 14.3. The molecule has 1 heterocycles. The van der Waals surface area contributed by atoms with Crippen molar-refractivity contribution in [1.29, 1.82) is 0 Å². The number of carbonyl (C=O) groups excluding carboxylic acids is 1. The van der Waals surface area contributed by atoms with Crippen LogP contribution in [0.3, 0.4) is 0 Å². The van der Waals surface area contributed by atoms with Crippen molar-refractivity contribution in [2.24, 2.45) is 0 Å². The Morgan fingerprint density at radius 1 is 1.56 bits per heavy atom. The van der Waals surface area contributed by atoms with E-state index in [2.05, 4.69) is 21.2 Å². The molecule has 0 bridgehead atoms.